The van der Waals surface area contributed by atoms with Crippen molar-refractivity contribution in [2.75, 3.05) is 5.32 Å². The Bertz CT molecular complexity index is 775. The van der Waals surface area contributed by atoms with E-state index in [-0.39, 0.29) is 5.91 Å². The summed E-state index contributed by atoms with van der Waals surface area (Å²) in [6.07, 6.45) is -0.761. The minimum Gasteiger partial charge on any atom is -0.476 e. The number of carbonyl (C=O) groups excluding carboxylic acids is 1. The largest absolute Gasteiger partial charge is 0.476 e. The average Bonchev–Trinajstić information content (AvgIpc) is 2.99. The molecule has 0 aliphatic heterocycles. The molecule has 0 saturated heterocycles. The maximum absolute atomic E-state index is 12.6. The van der Waals surface area contributed by atoms with Gasteiger partial charge in [0, 0.05) is 5.56 Å². The smallest absolute Gasteiger partial charge is 0.272 e. The van der Waals surface area contributed by atoms with E-state index < -0.39 is 6.10 Å². The summed E-state index contributed by atoms with van der Waals surface area (Å²) in [7, 11) is 0. The van der Waals surface area contributed by atoms with Crippen LogP contribution in [0.3, 0.4) is 0 Å². The van der Waals surface area contributed by atoms with Crippen molar-refractivity contribution in [3.05, 3.63) is 71.2 Å². The number of hydrogen-bond acceptors (Lipinski definition) is 5. The second-order valence-electron chi connectivity index (χ2n) is 4.84. The molecule has 0 aliphatic rings. The highest BCUT2D eigenvalue weighted by molar-refractivity contribution is 7.15. The first-order valence-corrected chi connectivity index (χ1v) is 7.91. The van der Waals surface area contributed by atoms with E-state index in [1.165, 1.54) is 11.3 Å². The first-order valence-electron chi connectivity index (χ1n) is 7.10. The molecule has 0 aliphatic carbocycles. The fraction of sp³-hybridized carbons (Fsp3) is 0.118. The van der Waals surface area contributed by atoms with Gasteiger partial charge in [-0.1, -0.05) is 59.9 Å². The Morgan fingerprint density at radius 3 is 2.30 bits per heavy atom. The topological polar surface area (TPSA) is 64.1 Å². The number of nitrogens with one attached hydrogen (secondary N) is 1. The average molecular weight is 325 g/mol. The predicted molar refractivity (Wildman–Crippen MR) is 89.5 cm³/mol. The van der Waals surface area contributed by atoms with Gasteiger partial charge in [-0.15, -0.1) is 10.2 Å². The third kappa shape index (κ3) is 3.92. The van der Waals surface area contributed by atoms with Gasteiger partial charge in [0.25, 0.3) is 5.91 Å². The van der Waals surface area contributed by atoms with Gasteiger partial charge in [0.15, 0.2) is 0 Å². The molecule has 5 nitrogen and oxygen atoms in total. The molecule has 1 amide bonds. The van der Waals surface area contributed by atoms with Crippen molar-refractivity contribution in [2.24, 2.45) is 0 Å². The van der Waals surface area contributed by atoms with Crippen molar-refractivity contribution < 1.29 is 9.53 Å². The molecule has 0 bridgehead atoms. The molecule has 1 heterocycles. The Morgan fingerprint density at radius 1 is 1.04 bits per heavy atom. The molecule has 2 aromatic carbocycles. The number of aromatic nitrogens is 2. The van der Waals surface area contributed by atoms with Crippen LogP contribution in [0.15, 0.2) is 60.7 Å². The number of rotatable bonds is 5. The maximum Gasteiger partial charge on any atom is 0.272 e. The first kappa shape index (κ1) is 15.2. The number of carbonyl (C=O) groups is 1. The Hall–Kier alpha value is -2.73. The van der Waals surface area contributed by atoms with Crippen LogP contribution >= 0.6 is 11.3 Å². The third-order valence-electron chi connectivity index (χ3n) is 3.09. The number of amides is 1. The Labute approximate surface area is 138 Å². The van der Waals surface area contributed by atoms with Crippen molar-refractivity contribution in [1.29, 1.82) is 0 Å². The second-order valence-corrected chi connectivity index (χ2v) is 6.02. The fourth-order valence-corrected chi connectivity index (χ4v) is 2.65. The summed E-state index contributed by atoms with van der Waals surface area (Å²) in [5.74, 6) is 0.348. The molecule has 3 aromatic rings. The highest BCUT2D eigenvalue weighted by Crippen LogP contribution is 2.24. The second kappa shape index (κ2) is 7.02. The molecule has 0 unspecified atom stereocenters. The predicted octanol–water partition coefficient (Wildman–Crippen LogP) is 3.61. The van der Waals surface area contributed by atoms with Crippen LogP contribution in [0.5, 0.6) is 5.75 Å². The SMILES string of the molecule is Cc1nnc(NC(=O)[C@@H](Oc2ccccc2)c2ccccc2)s1. The van der Waals surface area contributed by atoms with Gasteiger partial charge in [-0.05, 0) is 19.1 Å². The van der Waals surface area contributed by atoms with Crippen LogP contribution in [0.1, 0.15) is 16.7 Å². The number of para-hydroxylation sites is 1. The Morgan fingerprint density at radius 2 is 1.70 bits per heavy atom. The van der Waals surface area contributed by atoms with Gasteiger partial charge in [-0.3, -0.25) is 10.1 Å². The van der Waals surface area contributed by atoms with Gasteiger partial charge in [-0.2, -0.15) is 0 Å². The fourth-order valence-electron chi connectivity index (χ4n) is 2.05. The minimum absolute atomic E-state index is 0.281. The molecule has 1 aromatic heterocycles. The van der Waals surface area contributed by atoms with Crippen molar-refractivity contribution >= 4 is 22.4 Å². The van der Waals surface area contributed by atoms with E-state index in [2.05, 4.69) is 15.5 Å². The summed E-state index contributed by atoms with van der Waals surface area (Å²) in [5.41, 5.74) is 0.773. The van der Waals surface area contributed by atoms with Gasteiger partial charge < -0.3 is 4.74 Å². The van der Waals surface area contributed by atoms with Gasteiger partial charge >= 0.3 is 0 Å². The lowest BCUT2D eigenvalue weighted by Crippen LogP contribution is -2.25. The van der Waals surface area contributed by atoms with E-state index >= 15 is 0 Å². The van der Waals surface area contributed by atoms with Crippen LogP contribution in [0, 0.1) is 6.92 Å². The summed E-state index contributed by atoms with van der Waals surface area (Å²) in [4.78, 5) is 12.6. The normalized spacial score (nSPS) is 11.7. The molecular formula is C17H15N3O2S. The molecule has 0 radical (unpaired) electrons. The minimum atomic E-state index is -0.761. The quantitative estimate of drug-likeness (QED) is 0.778. The van der Waals surface area contributed by atoms with Crippen molar-refractivity contribution in [1.82, 2.24) is 10.2 Å². The highest BCUT2D eigenvalue weighted by atomic mass is 32.1. The Kier molecular flexibility index (Phi) is 4.63. The number of ether oxygens (including phenoxy) is 1. The van der Waals surface area contributed by atoms with E-state index in [1.54, 1.807) is 0 Å². The van der Waals surface area contributed by atoms with E-state index in [4.69, 9.17) is 4.74 Å². The summed E-state index contributed by atoms with van der Waals surface area (Å²) in [6.45, 7) is 1.84. The molecule has 0 saturated carbocycles. The van der Waals surface area contributed by atoms with Crippen molar-refractivity contribution in [2.45, 2.75) is 13.0 Å². The zero-order valence-corrected chi connectivity index (χ0v) is 13.3. The van der Waals surface area contributed by atoms with E-state index in [9.17, 15) is 4.79 Å². The van der Waals surface area contributed by atoms with E-state index in [1.807, 2.05) is 67.6 Å². The molecule has 116 valence electrons. The van der Waals surface area contributed by atoms with Gasteiger partial charge in [0.2, 0.25) is 11.2 Å². The third-order valence-corrected chi connectivity index (χ3v) is 3.85. The molecule has 1 N–H and O–H groups in total. The maximum atomic E-state index is 12.6. The van der Waals surface area contributed by atoms with E-state index in [0.29, 0.717) is 10.9 Å². The van der Waals surface area contributed by atoms with Crippen LogP contribution < -0.4 is 10.1 Å². The zero-order chi connectivity index (χ0) is 16.1. The first-order chi connectivity index (χ1) is 11.2. The van der Waals surface area contributed by atoms with Crippen LogP contribution in [0.2, 0.25) is 0 Å². The zero-order valence-electron chi connectivity index (χ0n) is 12.5. The van der Waals surface area contributed by atoms with E-state index in [0.717, 1.165) is 10.6 Å². The van der Waals surface area contributed by atoms with Crippen LogP contribution in [0.25, 0.3) is 0 Å². The number of benzene rings is 2. The van der Waals surface area contributed by atoms with Gasteiger partial charge in [-0.25, -0.2) is 0 Å². The molecule has 6 heteroatoms. The van der Waals surface area contributed by atoms with Gasteiger partial charge in [0.1, 0.15) is 10.8 Å². The molecule has 23 heavy (non-hydrogen) atoms. The molecular weight excluding hydrogens is 310 g/mol. The molecule has 0 spiro atoms. The number of hydrogen-bond donors (Lipinski definition) is 1. The van der Waals surface area contributed by atoms with Crippen LogP contribution in [0.4, 0.5) is 5.13 Å². The highest BCUT2D eigenvalue weighted by Gasteiger charge is 2.23. The molecule has 3 rings (SSSR count). The van der Waals surface area contributed by atoms with Crippen molar-refractivity contribution in [3.8, 4) is 5.75 Å². The number of aryl methyl sites for hydroxylation is 1. The van der Waals surface area contributed by atoms with Crippen LogP contribution in [-0.4, -0.2) is 16.1 Å². The van der Waals surface area contributed by atoms with Crippen molar-refractivity contribution in [3.63, 3.8) is 0 Å². The summed E-state index contributed by atoms with van der Waals surface area (Å²) in [5, 5.41) is 11.8. The lowest BCUT2D eigenvalue weighted by molar-refractivity contribution is -0.123. The molecule has 0 fully saturated rings. The monoisotopic (exact) mass is 325 g/mol. The van der Waals surface area contributed by atoms with Crippen LogP contribution in [-0.2, 0) is 4.79 Å². The summed E-state index contributed by atoms with van der Waals surface area (Å²) in [6, 6.07) is 18.6. The standard InChI is InChI=1S/C17H15N3O2S/c1-12-19-20-17(23-12)18-16(21)15(13-8-4-2-5-9-13)22-14-10-6-3-7-11-14/h2-11,15H,1H3,(H,18,20,21)/t15-/m0/s1. The lowest BCUT2D eigenvalue weighted by Gasteiger charge is -2.18. The summed E-state index contributed by atoms with van der Waals surface area (Å²) < 4.78 is 5.89. The van der Waals surface area contributed by atoms with Gasteiger partial charge in [0.05, 0.1) is 0 Å². The molecule has 1 atom stereocenters. The lowest BCUT2D eigenvalue weighted by atomic mass is 10.1. The summed E-state index contributed by atoms with van der Waals surface area (Å²) >= 11 is 1.33. The number of nitrogens with zero attached hydrogens (tertiary/aromatic N) is 2. The Balaban J connectivity index is 1.84. The number of anilines is 1.